The molecule has 4 heteroatoms. The van der Waals surface area contributed by atoms with Crippen LogP contribution in [0.25, 0.3) is 0 Å². The lowest BCUT2D eigenvalue weighted by Gasteiger charge is -1.94. The third-order valence-electron chi connectivity index (χ3n) is 0.512. The lowest BCUT2D eigenvalue weighted by molar-refractivity contribution is 0.287. The lowest BCUT2D eigenvalue weighted by Crippen LogP contribution is -1.87. The van der Waals surface area contributed by atoms with E-state index in [1.54, 1.807) is 0 Å². The van der Waals surface area contributed by atoms with Gasteiger partial charge in [0, 0.05) is 6.61 Å². The fourth-order valence-corrected chi connectivity index (χ4v) is 0.158. The van der Waals surface area contributed by atoms with Crippen molar-refractivity contribution in [1.82, 2.24) is 0 Å². The Morgan fingerprint density at radius 1 is 1.30 bits per heavy atom. The van der Waals surface area contributed by atoms with E-state index in [0.29, 0.717) is 6.61 Å². The molecule has 0 atom stereocenters. The van der Waals surface area contributed by atoms with E-state index in [9.17, 15) is 0 Å². The highest BCUT2D eigenvalue weighted by Gasteiger charge is 2.07. The van der Waals surface area contributed by atoms with Gasteiger partial charge in [0.15, 0.2) is 3.79 Å². The number of rotatable bonds is 2. The van der Waals surface area contributed by atoms with Gasteiger partial charge in [-0.3, -0.25) is 0 Å². The molecular formula is C6H13Cl3O. The highest BCUT2D eigenvalue weighted by atomic mass is 35.6. The second kappa shape index (κ2) is 7.93. The van der Waals surface area contributed by atoms with Crippen molar-refractivity contribution in [2.45, 2.75) is 30.5 Å². The predicted octanol–water partition coefficient (Wildman–Crippen LogP) is 3.16. The van der Waals surface area contributed by atoms with Crippen LogP contribution in [0.3, 0.4) is 0 Å². The summed E-state index contributed by atoms with van der Waals surface area (Å²) in [5.41, 5.74) is 0. The molecule has 0 aromatic carbocycles. The van der Waals surface area contributed by atoms with Crippen LogP contribution in [0.1, 0.15) is 26.7 Å². The molecule has 0 aliphatic carbocycles. The van der Waals surface area contributed by atoms with Crippen molar-refractivity contribution in [1.29, 1.82) is 0 Å². The Labute approximate surface area is 77.3 Å². The molecule has 0 amide bonds. The zero-order chi connectivity index (χ0) is 8.62. The van der Waals surface area contributed by atoms with Crippen LogP contribution >= 0.6 is 34.8 Å². The highest BCUT2D eigenvalue weighted by Crippen LogP contribution is 2.23. The predicted molar refractivity (Wildman–Crippen MR) is 48.0 cm³/mol. The van der Waals surface area contributed by atoms with Crippen molar-refractivity contribution in [2.75, 3.05) is 6.61 Å². The smallest absolute Gasteiger partial charge is 0.187 e. The van der Waals surface area contributed by atoms with Crippen molar-refractivity contribution < 1.29 is 5.11 Å². The van der Waals surface area contributed by atoms with Gasteiger partial charge < -0.3 is 5.11 Å². The van der Waals surface area contributed by atoms with Crippen molar-refractivity contribution in [3.8, 4) is 0 Å². The molecule has 0 saturated heterocycles. The van der Waals surface area contributed by atoms with Crippen molar-refractivity contribution in [3.05, 3.63) is 0 Å². The molecule has 0 radical (unpaired) electrons. The van der Waals surface area contributed by atoms with Crippen LogP contribution in [0.5, 0.6) is 0 Å². The maximum atomic E-state index is 8.07. The molecule has 1 N–H and O–H groups in total. The van der Waals surface area contributed by atoms with E-state index in [1.165, 1.54) is 6.92 Å². The summed E-state index contributed by atoms with van der Waals surface area (Å²) < 4.78 is -1.08. The second-order valence-corrected chi connectivity index (χ2v) is 4.71. The Morgan fingerprint density at radius 2 is 1.60 bits per heavy atom. The summed E-state index contributed by atoms with van der Waals surface area (Å²) in [6.45, 7) is 3.88. The summed E-state index contributed by atoms with van der Waals surface area (Å²) in [6.07, 6.45) is 2.04. The van der Waals surface area contributed by atoms with Crippen LogP contribution < -0.4 is 0 Å². The van der Waals surface area contributed by atoms with Gasteiger partial charge in [-0.15, -0.1) is 0 Å². The largest absolute Gasteiger partial charge is 0.396 e. The summed E-state index contributed by atoms with van der Waals surface area (Å²) in [4.78, 5) is 0. The molecule has 0 heterocycles. The maximum absolute atomic E-state index is 8.07. The summed E-state index contributed by atoms with van der Waals surface area (Å²) in [5.74, 6) is 0. The Morgan fingerprint density at radius 3 is 1.60 bits per heavy atom. The van der Waals surface area contributed by atoms with E-state index in [0.717, 1.165) is 12.8 Å². The molecule has 0 spiro atoms. The first-order valence-electron chi connectivity index (χ1n) is 3.09. The average molecular weight is 208 g/mol. The standard InChI is InChI=1S/C4H10O.C2H3Cl3/c1-2-3-4-5;1-2(3,4)5/h5H,2-4H2,1H3;1H3. The van der Waals surface area contributed by atoms with Gasteiger partial charge in [0.25, 0.3) is 0 Å². The number of aliphatic hydroxyl groups excluding tert-OH is 1. The molecule has 0 bridgehead atoms. The first kappa shape index (κ1) is 13.4. The molecule has 0 aliphatic rings. The highest BCUT2D eigenvalue weighted by molar-refractivity contribution is 6.67. The molecule has 0 aromatic rings. The minimum Gasteiger partial charge on any atom is -0.396 e. The fourth-order valence-electron chi connectivity index (χ4n) is 0.158. The first-order valence-corrected chi connectivity index (χ1v) is 4.22. The normalized spacial score (nSPS) is 10.2. The lowest BCUT2D eigenvalue weighted by atomic mass is 10.4. The monoisotopic (exact) mass is 206 g/mol. The minimum atomic E-state index is -1.08. The Balaban J connectivity index is 0. The summed E-state index contributed by atoms with van der Waals surface area (Å²) in [5, 5.41) is 8.07. The molecular weight excluding hydrogens is 194 g/mol. The molecule has 1 nitrogen and oxygen atoms in total. The maximum Gasteiger partial charge on any atom is 0.187 e. The number of alkyl halides is 3. The summed E-state index contributed by atoms with van der Waals surface area (Å²) in [6, 6.07) is 0. The fraction of sp³-hybridized carbons (Fsp3) is 1.00. The second-order valence-electron chi connectivity index (χ2n) is 1.86. The molecule has 64 valence electrons. The van der Waals surface area contributed by atoms with Crippen LogP contribution in [-0.2, 0) is 0 Å². The van der Waals surface area contributed by atoms with E-state index in [4.69, 9.17) is 39.9 Å². The number of halogens is 3. The van der Waals surface area contributed by atoms with Gasteiger partial charge in [-0.25, -0.2) is 0 Å². The number of unbranched alkanes of at least 4 members (excludes halogenated alkanes) is 1. The first-order chi connectivity index (χ1) is 4.41. The third-order valence-corrected chi connectivity index (χ3v) is 0.512. The number of hydrogen-bond donors (Lipinski definition) is 1. The van der Waals surface area contributed by atoms with E-state index in [-0.39, 0.29) is 0 Å². The quantitative estimate of drug-likeness (QED) is 0.690. The Bertz CT molecular complexity index is 52.5. The Hall–Kier alpha value is 0.830. The Kier molecular flexibility index (Phi) is 10.6. The molecule has 0 unspecified atom stereocenters. The van der Waals surface area contributed by atoms with Crippen molar-refractivity contribution in [3.63, 3.8) is 0 Å². The van der Waals surface area contributed by atoms with Gasteiger partial charge in [0.05, 0.1) is 0 Å². The number of hydrogen-bond acceptors (Lipinski definition) is 1. The van der Waals surface area contributed by atoms with Crippen LogP contribution in [0.2, 0.25) is 0 Å². The van der Waals surface area contributed by atoms with Gasteiger partial charge in [-0.2, -0.15) is 0 Å². The topological polar surface area (TPSA) is 20.2 Å². The van der Waals surface area contributed by atoms with E-state index < -0.39 is 3.79 Å². The summed E-state index contributed by atoms with van der Waals surface area (Å²) >= 11 is 15.2. The van der Waals surface area contributed by atoms with E-state index in [2.05, 4.69) is 6.92 Å². The molecule has 0 aromatic heterocycles. The van der Waals surface area contributed by atoms with Crippen LogP contribution in [0.15, 0.2) is 0 Å². The molecule has 0 saturated carbocycles. The zero-order valence-corrected chi connectivity index (χ0v) is 8.47. The average Bonchev–Trinajstić information content (AvgIpc) is 1.63. The molecule has 0 fully saturated rings. The zero-order valence-electron chi connectivity index (χ0n) is 6.20. The van der Waals surface area contributed by atoms with Crippen molar-refractivity contribution in [2.24, 2.45) is 0 Å². The van der Waals surface area contributed by atoms with Crippen LogP contribution in [-0.4, -0.2) is 15.5 Å². The minimum absolute atomic E-state index is 0.344. The SMILES string of the molecule is CC(Cl)(Cl)Cl.CCCCO. The van der Waals surface area contributed by atoms with E-state index in [1.807, 2.05) is 0 Å². The van der Waals surface area contributed by atoms with Gasteiger partial charge in [0.1, 0.15) is 0 Å². The molecule has 0 aliphatic heterocycles. The molecule has 0 rings (SSSR count). The van der Waals surface area contributed by atoms with Gasteiger partial charge >= 0.3 is 0 Å². The van der Waals surface area contributed by atoms with Crippen molar-refractivity contribution >= 4 is 34.8 Å². The van der Waals surface area contributed by atoms with Crippen LogP contribution in [0.4, 0.5) is 0 Å². The van der Waals surface area contributed by atoms with Gasteiger partial charge in [-0.05, 0) is 13.3 Å². The summed E-state index contributed by atoms with van der Waals surface area (Å²) in [7, 11) is 0. The van der Waals surface area contributed by atoms with Gasteiger partial charge in [0.2, 0.25) is 0 Å². The van der Waals surface area contributed by atoms with Gasteiger partial charge in [-0.1, -0.05) is 48.1 Å². The van der Waals surface area contributed by atoms with Crippen LogP contribution in [0, 0.1) is 0 Å². The van der Waals surface area contributed by atoms with E-state index >= 15 is 0 Å². The number of aliphatic hydroxyl groups is 1. The third kappa shape index (κ3) is 67.6. The molecule has 10 heavy (non-hydrogen) atoms.